The lowest BCUT2D eigenvalue weighted by Gasteiger charge is -2.34. The van der Waals surface area contributed by atoms with E-state index < -0.39 is 10.7 Å². The molecule has 4 rings (SSSR count). The SMILES string of the molecule is NC(=O)c1ncc(/C=C\SC(c2ccccc2)(c2ccccc2)c2ccccc2)s1. The summed E-state index contributed by atoms with van der Waals surface area (Å²) in [6, 6.07) is 31.5. The zero-order valence-corrected chi connectivity index (χ0v) is 17.8. The quantitative estimate of drug-likeness (QED) is 0.371. The van der Waals surface area contributed by atoms with Crippen molar-refractivity contribution >= 4 is 35.1 Å². The molecule has 0 radical (unpaired) electrons. The molecule has 1 amide bonds. The van der Waals surface area contributed by atoms with Crippen molar-refractivity contribution in [1.29, 1.82) is 0 Å². The third kappa shape index (κ3) is 4.08. The smallest absolute Gasteiger partial charge is 0.277 e. The maximum absolute atomic E-state index is 11.3. The van der Waals surface area contributed by atoms with Crippen LogP contribution in [0.2, 0.25) is 0 Å². The van der Waals surface area contributed by atoms with Crippen LogP contribution in [0.15, 0.2) is 103 Å². The maximum Gasteiger partial charge on any atom is 0.277 e. The number of aromatic nitrogens is 1. The first kappa shape index (κ1) is 20.1. The lowest BCUT2D eigenvalue weighted by atomic mass is 9.84. The van der Waals surface area contributed by atoms with Crippen molar-refractivity contribution in [3.05, 3.63) is 129 Å². The van der Waals surface area contributed by atoms with Gasteiger partial charge < -0.3 is 5.73 Å². The van der Waals surface area contributed by atoms with E-state index in [1.165, 1.54) is 28.0 Å². The van der Waals surface area contributed by atoms with Crippen molar-refractivity contribution < 1.29 is 4.79 Å². The van der Waals surface area contributed by atoms with E-state index in [4.69, 9.17) is 5.73 Å². The third-order valence-electron chi connectivity index (χ3n) is 4.75. The Balaban J connectivity index is 1.82. The van der Waals surface area contributed by atoms with Crippen molar-refractivity contribution in [1.82, 2.24) is 4.98 Å². The lowest BCUT2D eigenvalue weighted by Crippen LogP contribution is -2.24. The summed E-state index contributed by atoms with van der Waals surface area (Å²) < 4.78 is -0.419. The van der Waals surface area contributed by atoms with E-state index in [2.05, 4.69) is 83.2 Å². The Kier molecular flexibility index (Phi) is 6.12. The van der Waals surface area contributed by atoms with Gasteiger partial charge in [-0.1, -0.05) is 91.0 Å². The van der Waals surface area contributed by atoms with Crippen LogP contribution in [-0.2, 0) is 4.75 Å². The van der Waals surface area contributed by atoms with E-state index in [1.807, 2.05) is 24.3 Å². The molecule has 1 heterocycles. The maximum atomic E-state index is 11.3. The van der Waals surface area contributed by atoms with Gasteiger partial charge in [-0.2, -0.15) is 0 Å². The highest BCUT2D eigenvalue weighted by Gasteiger charge is 2.36. The molecule has 0 bridgehead atoms. The number of nitrogens with two attached hydrogens (primary N) is 1. The van der Waals surface area contributed by atoms with Crippen molar-refractivity contribution in [2.45, 2.75) is 4.75 Å². The largest absolute Gasteiger partial charge is 0.364 e. The standard InChI is InChI=1S/C25H20N2OS2/c26-23(28)24-27-18-22(30-24)16-17-29-25(19-10-4-1-5-11-19,20-12-6-2-7-13-20)21-14-8-3-9-15-21/h1-18H,(H2,26,28)/b17-16-. The molecule has 4 aromatic rings. The zero-order chi connectivity index (χ0) is 20.8. The molecule has 0 saturated carbocycles. The molecule has 5 heteroatoms. The summed E-state index contributed by atoms with van der Waals surface area (Å²) in [5.74, 6) is -0.500. The fraction of sp³-hybridized carbons (Fsp3) is 0.0400. The molecule has 148 valence electrons. The van der Waals surface area contributed by atoms with Crippen molar-refractivity contribution in [2.24, 2.45) is 5.73 Å². The number of thiazole rings is 1. The molecular weight excluding hydrogens is 408 g/mol. The third-order valence-corrected chi connectivity index (χ3v) is 7.06. The second-order valence-electron chi connectivity index (χ2n) is 6.63. The highest BCUT2D eigenvalue weighted by molar-refractivity contribution is 8.03. The number of hydrogen-bond donors (Lipinski definition) is 1. The van der Waals surface area contributed by atoms with Gasteiger partial charge in [-0.05, 0) is 28.2 Å². The number of benzene rings is 3. The summed E-state index contributed by atoms with van der Waals surface area (Å²) in [4.78, 5) is 16.3. The Morgan fingerprint density at radius 2 is 1.30 bits per heavy atom. The van der Waals surface area contributed by atoms with E-state index in [-0.39, 0.29) is 0 Å². The first-order chi connectivity index (χ1) is 14.7. The highest BCUT2D eigenvalue weighted by Crippen LogP contribution is 2.49. The van der Waals surface area contributed by atoms with Crippen LogP contribution in [0.4, 0.5) is 0 Å². The van der Waals surface area contributed by atoms with Crippen LogP contribution in [0.1, 0.15) is 31.4 Å². The molecule has 30 heavy (non-hydrogen) atoms. The molecule has 2 N–H and O–H groups in total. The minimum atomic E-state index is -0.500. The second kappa shape index (κ2) is 9.11. The minimum absolute atomic E-state index is 0.320. The number of thioether (sulfide) groups is 1. The van der Waals surface area contributed by atoms with Crippen molar-refractivity contribution in [3.8, 4) is 0 Å². The summed E-state index contributed by atoms with van der Waals surface area (Å²) in [6.45, 7) is 0. The van der Waals surface area contributed by atoms with E-state index in [9.17, 15) is 4.79 Å². The molecule has 0 fully saturated rings. The Morgan fingerprint density at radius 3 is 1.70 bits per heavy atom. The molecule has 3 aromatic carbocycles. The number of primary amides is 1. The summed E-state index contributed by atoms with van der Waals surface area (Å²) >= 11 is 3.02. The first-order valence-corrected chi connectivity index (χ1v) is 11.2. The Labute approximate surface area is 184 Å². The average molecular weight is 429 g/mol. The highest BCUT2D eigenvalue weighted by atomic mass is 32.2. The Hall–Kier alpha value is -3.15. The van der Waals surface area contributed by atoms with Crippen molar-refractivity contribution in [2.75, 3.05) is 0 Å². The van der Waals surface area contributed by atoms with Gasteiger partial charge >= 0.3 is 0 Å². The minimum Gasteiger partial charge on any atom is -0.364 e. The summed E-state index contributed by atoms with van der Waals surface area (Å²) in [6.07, 6.45) is 3.66. The topological polar surface area (TPSA) is 56.0 Å². The van der Waals surface area contributed by atoms with Crippen LogP contribution < -0.4 is 5.73 Å². The van der Waals surface area contributed by atoms with Crippen LogP contribution in [0, 0.1) is 0 Å². The first-order valence-electron chi connectivity index (χ1n) is 9.47. The summed E-state index contributed by atoms with van der Waals surface area (Å²) in [5, 5.41) is 2.39. The van der Waals surface area contributed by atoms with Crippen LogP contribution >= 0.6 is 23.1 Å². The van der Waals surface area contributed by atoms with E-state index >= 15 is 0 Å². The van der Waals surface area contributed by atoms with E-state index in [0.717, 1.165) is 4.88 Å². The predicted octanol–water partition coefficient (Wildman–Crippen LogP) is 5.94. The van der Waals surface area contributed by atoms with Crippen LogP contribution in [0.5, 0.6) is 0 Å². The number of rotatable bonds is 7. The molecule has 0 atom stereocenters. The number of carbonyl (C=O) groups excluding carboxylic acids is 1. The van der Waals surface area contributed by atoms with Gasteiger partial charge in [0, 0.05) is 11.1 Å². The molecule has 3 nitrogen and oxygen atoms in total. The Morgan fingerprint density at radius 1 is 0.833 bits per heavy atom. The van der Waals surface area contributed by atoms with Gasteiger partial charge in [-0.3, -0.25) is 4.79 Å². The summed E-state index contributed by atoms with van der Waals surface area (Å²) in [7, 11) is 0. The molecule has 0 unspecified atom stereocenters. The summed E-state index contributed by atoms with van der Waals surface area (Å²) in [5.41, 5.74) is 8.91. The average Bonchev–Trinajstić information content (AvgIpc) is 3.28. The number of hydrogen-bond acceptors (Lipinski definition) is 4. The number of nitrogens with zero attached hydrogens (tertiary/aromatic N) is 1. The fourth-order valence-electron chi connectivity index (χ4n) is 3.40. The number of amides is 1. The van der Waals surface area contributed by atoms with Gasteiger partial charge in [0.25, 0.3) is 5.91 Å². The molecule has 0 aliphatic carbocycles. The monoisotopic (exact) mass is 428 g/mol. The van der Waals surface area contributed by atoms with Gasteiger partial charge in [0.15, 0.2) is 5.01 Å². The van der Waals surface area contributed by atoms with Crippen LogP contribution in [0.25, 0.3) is 6.08 Å². The lowest BCUT2D eigenvalue weighted by molar-refractivity contribution is 0.1000. The van der Waals surface area contributed by atoms with Crippen LogP contribution in [-0.4, -0.2) is 10.9 Å². The Bertz CT molecular complexity index is 1040. The molecule has 1 aromatic heterocycles. The van der Waals surface area contributed by atoms with Crippen LogP contribution in [0.3, 0.4) is 0 Å². The fourth-order valence-corrected chi connectivity index (χ4v) is 5.40. The molecule has 0 saturated heterocycles. The van der Waals surface area contributed by atoms with Gasteiger partial charge in [0.2, 0.25) is 0 Å². The zero-order valence-electron chi connectivity index (χ0n) is 16.1. The molecular formula is C25H20N2OS2. The molecule has 0 spiro atoms. The van der Waals surface area contributed by atoms with Crippen molar-refractivity contribution in [3.63, 3.8) is 0 Å². The van der Waals surface area contributed by atoms with E-state index in [1.54, 1.807) is 18.0 Å². The van der Waals surface area contributed by atoms with Gasteiger partial charge in [-0.25, -0.2) is 4.98 Å². The number of carbonyl (C=O) groups is 1. The molecule has 0 aliphatic rings. The predicted molar refractivity (Wildman–Crippen MR) is 126 cm³/mol. The van der Waals surface area contributed by atoms with Gasteiger partial charge in [-0.15, -0.1) is 23.1 Å². The molecule has 0 aliphatic heterocycles. The van der Waals surface area contributed by atoms with Gasteiger partial charge in [0.1, 0.15) is 0 Å². The van der Waals surface area contributed by atoms with Gasteiger partial charge in [0.05, 0.1) is 4.75 Å². The van der Waals surface area contributed by atoms with E-state index in [0.29, 0.717) is 5.01 Å². The normalized spacial score (nSPS) is 11.6. The second-order valence-corrected chi connectivity index (χ2v) is 8.81.